The molecule has 5 rings (SSSR count). The first-order valence-corrected chi connectivity index (χ1v) is 16.7. The van der Waals surface area contributed by atoms with Gasteiger partial charge in [0.25, 0.3) is 0 Å². The fourth-order valence-electron chi connectivity index (χ4n) is 5.92. The summed E-state index contributed by atoms with van der Waals surface area (Å²) in [4.78, 5) is 13.2. The number of aliphatic hydroxyl groups is 8. The zero-order valence-electron chi connectivity index (χ0n) is 28.4. The smallest absolute Gasteiger partial charge is 0.331 e. The molecule has 0 bridgehead atoms. The summed E-state index contributed by atoms with van der Waals surface area (Å²) in [5.41, 5.74) is -1.39. The number of ether oxygens (including phenoxy) is 7. The molecule has 20 heteroatoms. The van der Waals surface area contributed by atoms with Crippen molar-refractivity contribution < 1.29 is 99.2 Å². The molecule has 0 radical (unpaired) electrons. The van der Waals surface area contributed by atoms with Gasteiger partial charge in [-0.2, -0.15) is 0 Å². The number of aliphatic hydroxyl groups excluding tert-OH is 7. The number of aromatic hydroxyl groups is 4. The summed E-state index contributed by atoms with van der Waals surface area (Å²) in [6.45, 7) is -3.16. The molecule has 0 amide bonds. The van der Waals surface area contributed by atoms with E-state index >= 15 is 0 Å². The molecule has 3 fully saturated rings. The van der Waals surface area contributed by atoms with Crippen molar-refractivity contribution in [2.45, 2.75) is 85.8 Å². The van der Waals surface area contributed by atoms with Gasteiger partial charge in [-0.25, -0.2) is 4.79 Å². The Balaban J connectivity index is 1.42. The van der Waals surface area contributed by atoms with Crippen LogP contribution < -0.4 is 0 Å². The Hall–Kier alpha value is -3.71. The fraction of sp³-hybridized carbons (Fsp3) is 0.559. The molecule has 3 saturated heterocycles. The van der Waals surface area contributed by atoms with Gasteiger partial charge in [-0.15, -0.1) is 0 Å². The summed E-state index contributed by atoms with van der Waals surface area (Å²) in [6.07, 6.45) is -18.1. The van der Waals surface area contributed by atoms with Gasteiger partial charge in [0.05, 0.1) is 33.0 Å². The van der Waals surface area contributed by atoms with Crippen LogP contribution >= 0.6 is 0 Å². The molecule has 3 heterocycles. The average molecular weight is 773 g/mol. The van der Waals surface area contributed by atoms with Crippen LogP contribution in [0.2, 0.25) is 0 Å². The monoisotopic (exact) mass is 772 g/mol. The van der Waals surface area contributed by atoms with E-state index in [4.69, 9.17) is 33.2 Å². The number of rotatable bonds is 14. The maximum Gasteiger partial charge on any atom is 0.331 e. The van der Waals surface area contributed by atoms with Crippen LogP contribution in [0, 0.1) is 0 Å². The summed E-state index contributed by atoms with van der Waals surface area (Å²) >= 11 is 0. The SMILES string of the molecule is O=C(/C=C/c1ccc(O)c(O)c1)O[C@H]1[C@H](O[C@@H]2OC[C@@](O)(CO)[C@H]2O)[C@@H](O)[C@H](OCCc2ccc(O)c(O)c2)O[C@@H]1CO[C@@H]1O[C@H](CO)[C@@H](O)[C@H](O)[C@H]1O. The quantitative estimate of drug-likeness (QED) is 0.0502. The first kappa shape index (κ1) is 41.5. The number of esters is 1. The standard InChI is InChI=1S/C34H44O20/c35-11-21-24(42)25(43)26(44)31(51-21)49-12-22-28(53-23(41)6-3-15-1-4-17(37)19(39)9-15)29(54-33-30(46)34(47,13-36)14-50-33)27(45)32(52-22)48-8-7-16-2-5-18(38)20(40)10-16/h1-6,9-10,21-22,24-33,35-40,42-47H,7-8,11-14H2/b6-3+/t21-,22-,24-,25+,26-,27-,28-,29-,30+,31-,32-,33+,34+/m1/s1. The summed E-state index contributed by atoms with van der Waals surface area (Å²) in [6, 6.07) is 7.74. The molecule has 54 heavy (non-hydrogen) atoms. The van der Waals surface area contributed by atoms with Crippen molar-refractivity contribution in [2.24, 2.45) is 0 Å². The maximum atomic E-state index is 13.2. The van der Waals surface area contributed by atoms with Gasteiger partial charge in [0.15, 0.2) is 48.0 Å². The average Bonchev–Trinajstić information content (AvgIpc) is 3.44. The molecule has 0 aliphatic carbocycles. The van der Waals surface area contributed by atoms with E-state index in [1.54, 1.807) is 0 Å². The number of carbonyl (C=O) groups excluding carboxylic acids is 1. The first-order valence-electron chi connectivity index (χ1n) is 16.7. The number of carbonyl (C=O) groups is 1. The normalized spacial score (nSPS) is 35.7. The Kier molecular flexibility index (Phi) is 13.7. The minimum absolute atomic E-state index is 0.113. The lowest BCUT2D eigenvalue weighted by Gasteiger charge is -2.45. The van der Waals surface area contributed by atoms with Gasteiger partial charge < -0.3 is 94.4 Å². The van der Waals surface area contributed by atoms with Crippen LogP contribution in [0.15, 0.2) is 42.5 Å². The van der Waals surface area contributed by atoms with Crippen molar-refractivity contribution in [2.75, 3.05) is 33.0 Å². The Labute approximate surface area is 306 Å². The van der Waals surface area contributed by atoms with Gasteiger partial charge in [0.1, 0.15) is 54.4 Å². The predicted molar refractivity (Wildman–Crippen MR) is 175 cm³/mol. The highest BCUT2D eigenvalue weighted by atomic mass is 16.8. The van der Waals surface area contributed by atoms with Crippen molar-refractivity contribution in [3.05, 3.63) is 53.6 Å². The minimum atomic E-state index is -2.16. The van der Waals surface area contributed by atoms with E-state index in [9.17, 15) is 66.1 Å². The molecule has 0 aromatic heterocycles. The predicted octanol–water partition coefficient (Wildman–Crippen LogP) is -3.58. The van der Waals surface area contributed by atoms with E-state index in [1.165, 1.54) is 36.4 Å². The first-order chi connectivity index (χ1) is 25.6. The molecule has 2 aromatic rings. The van der Waals surface area contributed by atoms with Crippen LogP contribution in [0.4, 0.5) is 0 Å². The van der Waals surface area contributed by atoms with Crippen LogP contribution in [0.25, 0.3) is 6.08 Å². The topological polar surface area (TPSA) is 324 Å². The molecular formula is C34H44O20. The molecule has 300 valence electrons. The third kappa shape index (κ3) is 9.38. The summed E-state index contributed by atoms with van der Waals surface area (Å²) in [5.74, 6) is -2.71. The van der Waals surface area contributed by atoms with Crippen LogP contribution in [-0.4, -0.2) is 180 Å². The molecule has 20 nitrogen and oxygen atoms in total. The number of hydrogen-bond donors (Lipinski definition) is 12. The number of phenols is 4. The molecule has 0 spiro atoms. The van der Waals surface area contributed by atoms with E-state index < -0.39 is 123 Å². The van der Waals surface area contributed by atoms with Gasteiger partial charge in [0.2, 0.25) is 0 Å². The molecule has 3 aliphatic rings. The Bertz CT molecular complexity index is 1590. The van der Waals surface area contributed by atoms with Crippen molar-refractivity contribution in [1.29, 1.82) is 0 Å². The van der Waals surface area contributed by atoms with Crippen LogP contribution in [-0.2, 0) is 44.4 Å². The van der Waals surface area contributed by atoms with Gasteiger partial charge in [-0.3, -0.25) is 0 Å². The third-order valence-electron chi connectivity index (χ3n) is 9.14. The fourth-order valence-corrected chi connectivity index (χ4v) is 5.92. The Morgan fingerprint density at radius 2 is 1.44 bits per heavy atom. The van der Waals surface area contributed by atoms with Gasteiger partial charge in [-0.05, 0) is 47.9 Å². The summed E-state index contributed by atoms with van der Waals surface area (Å²) in [5, 5.41) is 122. The largest absolute Gasteiger partial charge is 0.504 e. The lowest BCUT2D eigenvalue weighted by molar-refractivity contribution is -0.345. The number of phenolic OH excluding ortho intramolecular Hbond substituents is 4. The van der Waals surface area contributed by atoms with Crippen molar-refractivity contribution in [3.63, 3.8) is 0 Å². The second-order valence-electron chi connectivity index (χ2n) is 13.0. The Morgan fingerprint density at radius 1 is 0.778 bits per heavy atom. The molecule has 12 N–H and O–H groups in total. The second-order valence-corrected chi connectivity index (χ2v) is 13.0. The highest BCUT2D eigenvalue weighted by Gasteiger charge is 2.55. The lowest BCUT2D eigenvalue weighted by atomic mass is 9.97. The highest BCUT2D eigenvalue weighted by molar-refractivity contribution is 5.87. The van der Waals surface area contributed by atoms with E-state index in [1.807, 2.05) is 0 Å². The summed E-state index contributed by atoms with van der Waals surface area (Å²) < 4.78 is 39.8. The minimum Gasteiger partial charge on any atom is -0.504 e. The summed E-state index contributed by atoms with van der Waals surface area (Å²) in [7, 11) is 0. The third-order valence-corrected chi connectivity index (χ3v) is 9.14. The van der Waals surface area contributed by atoms with Crippen molar-refractivity contribution in [1.82, 2.24) is 0 Å². The van der Waals surface area contributed by atoms with Gasteiger partial charge in [0, 0.05) is 6.08 Å². The number of hydrogen-bond acceptors (Lipinski definition) is 20. The molecule has 13 atom stereocenters. The maximum absolute atomic E-state index is 13.2. The Morgan fingerprint density at radius 3 is 2.09 bits per heavy atom. The second kappa shape index (κ2) is 17.8. The van der Waals surface area contributed by atoms with Gasteiger partial charge in [-0.1, -0.05) is 12.1 Å². The molecule has 3 aliphatic heterocycles. The van der Waals surface area contributed by atoms with Gasteiger partial charge >= 0.3 is 5.97 Å². The van der Waals surface area contributed by atoms with E-state index in [0.29, 0.717) is 5.56 Å². The van der Waals surface area contributed by atoms with Crippen LogP contribution in [0.1, 0.15) is 11.1 Å². The van der Waals surface area contributed by atoms with Crippen LogP contribution in [0.3, 0.4) is 0 Å². The van der Waals surface area contributed by atoms with Crippen molar-refractivity contribution >= 4 is 12.0 Å². The molecular weight excluding hydrogens is 728 g/mol. The zero-order valence-corrected chi connectivity index (χ0v) is 28.4. The van der Waals surface area contributed by atoms with E-state index in [-0.39, 0.29) is 30.1 Å². The molecule has 0 saturated carbocycles. The highest BCUT2D eigenvalue weighted by Crippen LogP contribution is 2.34. The molecule has 0 unspecified atom stereocenters. The van der Waals surface area contributed by atoms with Crippen molar-refractivity contribution in [3.8, 4) is 23.0 Å². The van der Waals surface area contributed by atoms with E-state index in [2.05, 4.69) is 0 Å². The lowest BCUT2D eigenvalue weighted by Crippen LogP contribution is -2.64. The zero-order chi connectivity index (χ0) is 39.3. The molecule has 2 aromatic carbocycles. The van der Waals surface area contributed by atoms with E-state index in [0.717, 1.165) is 12.1 Å². The van der Waals surface area contributed by atoms with Crippen LogP contribution in [0.5, 0.6) is 23.0 Å². The number of benzene rings is 2.